The van der Waals surface area contributed by atoms with Crippen LogP contribution in [0, 0.1) is 5.41 Å². The number of esters is 1. The summed E-state index contributed by atoms with van der Waals surface area (Å²) in [5.41, 5.74) is 1.01. The van der Waals surface area contributed by atoms with E-state index in [1.54, 1.807) is 0 Å². The Morgan fingerprint density at radius 1 is 1.18 bits per heavy atom. The molecule has 28 heavy (non-hydrogen) atoms. The van der Waals surface area contributed by atoms with Crippen molar-refractivity contribution in [3.63, 3.8) is 0 Å². The molecule has 8 heteroatoms. The fourth-order valence-corrected chi connectivity index (χ4v) is 2.96. The van der Waals surface area contributed by atoms with E-state index >= 15 is 0 Å². The highest BCUT2D eigenvalue weighted by atomic mass is 16.5. The van der Waals surface area contributed by atoms with Crippen molar-refractivity contribution in [2.45, 2.75) is 26.8 Å². The minimum Gasteiger partial charge on any atom is -0.467 e. The van der Waals surface area contributed by atoms with Crippen molar-refractivity contribution in [3.8, 4) is 0 Å². The molecule has 156 valence electrons. The summed E-state index contributed by atoms with van der Waals surface area (Å²) in [6, 6.07) is 6.29. The molecule has 0 spiro atoms. The summed E-state index contributed by atoms with van der Waals surface area (Å²) in [5, 5.41) is 8.91. The molecule has 1 saturated heterocycles. The van der Waals surface area contributed by atoms with Crippen LogP contribution in [-0.2, 0) is 14.3 Å². The van der Waals surface area contributed by atoms with Crippen LogP contribution in [0.3, 0.4) is 0 Å². The van der Waals surface area contributed by atoms with Gasteiger partial charge in [0.1, 0.15) is 6.04 Å². The second-order valence-corrected chi connectivity index (χ2v) is 7.85. The van der Waals surface area contributed by atoms with Crippen LogP contribution >= 0.6 is 0 Å². The maximum atomic E-state index is 12.5. The second kappa shape index (κ2) is 10.3. The number of hydrogen-bond donors (Lipinski definition) is 3. The van der Waals surface area contributed by atoms with E-state index in [-0.39, 0.29) is 0 Å². The normalized spacial score (nSPS) is 16.1. The van der Waals surface area contributed by atoms with Crippen molar-refractivity contribution >= 4 is 23.4 Å². The molecule has 1 aromatic carbocycles. The molecule has 0 bridgehead atoms. The van der Waals surface area contributed by atoms with Crippen LogP contribution in [0.15, 0.2) is 24.3 Å². The molecule has 1 heterocycles. The minimum atomic E-state index is -0.751. The SMILES string of the molecule is COC(=O)[C@@H](NC(=O)Nc1ccccc1NCCN1CCOCC1)C(C)(C)C. The van der Waals surface area contributed by atoms with Crippen LogP contribution < -0.4 is 16.0 Å². The number of benzene rings is 1. The first-order valence-electron chi connectivity index (χ1n) is 9.59. The van der Waals surface area contributed by atoms with Crippen LogP contribution in [0.1, 0.15) is 20.8 Å². The molecule has 1 aliphatic rings. The largest absolute Gasteiger partial charge is 0.467 e. The quantitative estimate of drug-likeness (QED) is 0.616. The lowest BCUT2D eigenvalue weighted by Crippen LogP contribution is -2.51. The second-order valence-electron chi connectivity index (χ2n) is 7.85. The third-order valence-electron chi connectivity index (χ3n) is 4.60. The monoisotopic (exact) mass is 392 g/mol. The van der Waals surface area contributed by atoms with Gasteiger partial charge in [-0.3, -0.25) is 4.90 Å². The highest BCUT2D eigenvalue weighted by Gasteiger charge is 2.33. The number of nitrogens with zero attached hydrogens (tertiary/aromatic N) is 1. The molecule has 0 aromatic heterocycles. The van der Waals surface area contributed by atoms with Crippen molar-refractivity contribution < 1.29 is 19.1 Å². The number of hydrogen-bond acceptors (Lipinski definition) is 6. The fraction of sp³-hybridized carbons (Fsp3) is 0.600. The first-order valence-corrected chi connectivity index (χ1v) is 9.59. The Labute approximate surface area is 166 Å². The lowest BCUT2D eigenvalue weighted by atomic mass is 9.87. The maximum absolute atomic E-state index is 12.5. The molecule has 8 nitrogen and oxygen atoms in total. The number of para-hydroxylation sites is 2. The van der Waals surface area contributed by atoms with Crippen molar-refractivity contribution in [2.75, 3.05) is 57.1 Å². The number of amides is 2. The highest BCUT2D eigenvalue weighted by Crippen LogP contribution is 2.23. The van der Waals surface area contributed by atoms with Gasteiger partial charge in [0.2, 0.25) is 0 Å². The summed E-state index contributed by atoms with van der Waals surface area (Å²) in [5.74, 6) is -0.473. The van der Waals surface area contributed by atoms with Gasteiger partial charge < -0.3 is 25.4 Å². The zero-order valence-corrected chi connectivity index (χ0v) is 17.2. The van der Waals surface area contributed by atoms with E-state index in [2.05, 4.69) is 20.9 Å². The molecule has 1 aliphatic heterocycles. The molecular formula is C20H32N4O4. The van der Waals surface area contributed by atoms with Crippen LogP contribution in [0.25, 0.3) is 0 Å². The third kappa shape index (κ3) is 6.69. The Morgan fingerprint density at radius 3 is 2.43 bits per heavy atom. The van der Waals surface area contributed by atoms with E-state index in [0.29, 0.717) is 5.69 Å². The van der Waals surface area contributed by atoms with Gasteiger partial charge in [-0.15, -0.1) is 0 Å². The van der Waals surface area contributed by atoms with Gasteiger partial charge in [-0.25, -0.2) is 9.59 Å². The predicted octanol–water partition coefficient (Wildman–Crippen LogP) is 2.14. The molecule has 2 rings (SSSR count). The number of ether oxygens (including phenoxy) is 2. The van der Waals surface area contributed by atoms with Crippen molar-refractivity contribution in [1.29, 1.82) is 0 Å². The van der Waals surface area contributed by atoms with E-state index < -0.39 is 23.5 Å². The van der Waals surface area contributed by atoms with Crippen LogP contribution in [0.5, 0.6) is 0 Å². The van der Waals surface area contributed by atoms with E-state index in [4.69, 9.17) is 9.47 Å². The fourth-order valence-electron chi connectivity index (χ4n) is 2.96. The minimum absolute atomic E-state index is 0.451. The van der Waals surface area contributed by atoms with Gasteiger partial charge in [-0.2, -0.15) is 0 Å². The summed E-state index contributed by atoms with van der Waals surface area (Å²) in [6.45, 7) is 10.7. The molecule has 0 saturated carbocycles. The Hall–Kier alpha value is -2.32. The van der Waals surface area contributed by atoms with E-state index in [1.807, 2.05) is 45.0 Å². The first kappa shape index (κ1) is 22.0. The standard InChI is InChI=1S/C20H32N4O4/c1-20(2,3)17(18(25)27-4)23-19(26)22-16-8-6-5-7-15(16)21-9-10-24-11-13-28-14-12-24/h5-8,17,21H,9-14H2,1-4H3,(H2,22,23,26)/t17-/m1/s1. The van der Waals surface area contributed by atoms with E-state index in [1.165, 1.54) is 7.11 Å². The summed E-state index contributed by atoms with van der Waals surface area (Å²) in [6.07, 6.45) is 0. The number of carbonyl (C=O) groups excluding carboxylic acids is 2. The lowest BCUT2D eigenvalue weighted by Gasteiger charge is -2.29. The first-order chi connectivity index (χ1) is 13.3. The molecule has 0 aliphatic carbocycles. The molecule has 1 aromatic rings. The van der Waals surface area contributed by atoms with Crippen molar-refractivity contribution in [3.05, 3.63) is 24.3 Å². The Morgan fingerprint density at radius 2 is 1.82 bits per heavy atom. The van der Waals surface area contributed by atoms with Crippen molar-refractivity contribution in [1.82, 2.24) is 10.2 Å². The summed E-state index contributed by atoms with van der Waals surface area (Å²) in [7, 11) is 1.31. The Balaban J connectivity index is 1.93. The predicted molar refractivity (Wildman–Crippen MR) is 110 cm³/mol. The average molecular weight is 393 g/mol. The smallest absolute Gasteiger partial charge is 0.328 e. The summed E-state index contributed by atoms with van der Waals surface area (Å²) in [4.78, 5) is 26.8. The molecule has 0 radical (unpaired) electrons. The van der Waals surface area contributed by atoms with Gasteiger partial charge >= 0.3 is 12.0 Å². The molecule has 2 amide bonds. The molecule has 1 atom stereocenters. The summed E-state index contributed by atoms with van der Waals surface area (Å²) < 4.78 is 10.2. The number of nitrogens with one attached hydrogen (secondary N) is 3. The average Bonchev–Trinajstić information content (AvgIpc) is 2.67. The van der Waals surface area contributed by atoms with Crippen LogP contribution in [0.4, 0.5) is 16.2 Å². The van der Waals surface area contributed by atoms with Crippen LogP contribution in [-0.4, -0.2) is 69.4 Å². The zero-order chi connectivity index (χ0) is 20.6. The van der Waals surface area contributed by atoms with Gasteiger partial charge in [0, 0.05) is 26.2 Å². The number of methoxy groups -OCH3 is 1. The maximum Gasteiger partial charge on any atom is 0.328 e. The van der Waals surface area contributed by atoms with Gasteiger partial charge in [0.25, 0.3) is 0 Å². The molecular weight excluding hydrogens is 360 g/mol. The molecule has 0 unspecified atom stereocenters. The number of anilines is 2. The van der Waals surface area contributed by atoms with Crippen LogP contribution in [0.2, 0.25) is 0 Å². The topological polar surface area (TPSA) is 91.9 Å². The number of urea groups is 1. The molecule has 3 N–H and O–H groups in total. The van der Waals surface area contributed by atoms with Gasteiger partial charge in [0.05, 0.1) is 31.7 Å². The van der Waals surface area contributed by atoms with E-state index in [0.717, 1.165) is 45.1 Å². The lowest BCUT2D eigenvalue weighted by molar-refractivity contribution is -0.145. The van der Waals surface area contributed by atoms with Crippen molar-refractivity contribution in [2.24, 2.45) is 5.41 Å². The van der Waals surface area contributed by atoms with Gasteiger partial charge in [0.15, 0.2) is 0 Å². The van der Waals surface area contributed by atoms with Gasteiger partial charge in [-0.1, -0.05) is 32.9 Å². The molecule has 1 fully saturated rings. The Kier molecular flexibility index (Phi) is 8.07. The number of morpholine rings is 1. The number of carbonyl (C=O) groups is 2. The van der Waals surface area contributed by atoms with E-state index in [9.17, 15) is 9.59 Å². The Bertz CT molecular complexity index is 654. The highest BCUT2D eigenvalue weighted by molar-refractivity contribution is 5.95. The van der Waals surface area contributed by atoms with Gasteiger partial charge in [-0.05, 0) is 17.5 Å². The third-order valence-corrected chi connectivity index (χ3v) is 4.60. The summed E-state index contributed by atoms with van der Waals surface area (Å²) >= 11 is 0. The zero-order valence-electron chi connectivity index (χ0n) is 17.2. The number of rotatable bonds is 7.